The van der Waals surface area contributed by atoms with Crippen molar-refractivity contribution in [1.29, 1.82) is 0 Å². The Labute approximate surface area is 93.4 Å². The molecule has 0 spiro atoms. The van der Waals surface area contributed by atoms with Crippen molar-refractivity contribution in [1.82, 2.24) is 9.80 Å². The molecule has 0 saturated carbocycles. The van der Waals surface area contributed by atoms with Crippen LogP contribution in [0.1, 0.15) is 26.7 Å². The van der Waals surface area contributed by atoms with E-state index in [0.29, 0.717) is 11.7 Å². The van der Waals surface area contributed by atoms with E-state index in [9.17, 15) is 4.79 Å². The summed E-state index contributed by atoms with van der Waals surface area (Å²) in [7, 11) is 2.15. The van der Waals surface area contributed by atoms with Crippen molar-refractivity contribution >= 4 is 5.78 Å². The number of nitrogens with zero attached hydrogens (tertiary/aromatic N) is 2. The molecule has 0 N–H and O–H groups in total. The summed E-state index contributed by atoms with van der Waals surface area (Å²) >= 11 is 0. The molecule has 3 heteroatoms. The molecule has 15 heavy (non-hydrogen) atoms. The molecule has 1 saturated heterocycles. The number of rotatable bonds is 5. The molecule has 0 aromatic carbocycles. The molecule has 1 aliphatic rings. The molecule has 1 rings (SSSR count). The van der Waals surface area contributed by atoms with Crippen molar-refractivity contribution in [2.24, 2.45) is 5.92 Å². The molecule has 88 valence electrons. The summed E-state index contributed by atoms with van der Waals surface area (Å²) < 4.78 is 0. The predicted molar refractivity (Wildman–Crippen MR) is 63.0 cm³/mol. The first-order chi connectivity index (χ1) is 7.08. The number of likely N-dealkylation sites (N-methyl/N-ethyl adjacent to an activating group) is 1. The van der Waals surface area contributed by atoms with Gasteiger partial charge in [-0.1, -0.05) is 13.8 Å². The largest absolute Gasteiger partial charge is 0.304 e. The van der Waals surface area contributed by atoms with Gasteiger partial charge < -0.3 is 9.80 Å². The maximum absolute atomic E-state index is 11.5. The van der Waals surface area contributed by atoms with Crippen molar-refractivity contribution < 1.29 is 4.79 Å². The van der Waals surface area contributed by atoms with Gasteiger partial charge in [-0.15, -0.1) is 0 Å². The van der Waals surface area contributed by atoms with E-state index in [1.165, 1.54) is 0 Å². The van der Waals surface area contributed by atoms with Crippen LogP contribution < -0.4 is 0 Å². The fourth-order valence-corrected chi connectivity index (χ4v) is 1.91. The van der Waals surface area contributed by atoms with Crippen LogP contribution in [0.3, 0.4) is 0 Å². The zero-order valence-corrected chi connectivity index (χ0v) is 10.3. The summed E-state index contributed by atoms with van der Waals surface area (Å²) in [6.07, 6.45) is 1.48. The predicted octanol–water partition coefficient (Wildman–Crippen LogP) is 1.24. The SMILES string of the molecule is CC(C)CC(=O)CCN1CCN(C)CC1. The van der Waals surface area contributed by atoms with Crippen LogP contribution in [0.25, 0.3) is 0 Å². The van der Waals surface area contributed by atoms with Crippen LogP contribution >= 0.6 is 0 Å². The summed E-state index contributed by atoms with van der Waals surface area (Å²) in [6.45, 7) is 9.68. The zero-order valence-electron chi connectivity index (χ0n) is 10.3. The lowest BCUT2D eigenvalue weighted by Gasteiger charge is -2.32. The van der Waals surface area contributed by atoms with E-state index in [1.54, 1.807) is 0 Å². The van der Waals surface area contributed by atoms with Gasteiger partial charge >= 0.3 is 0 Å². The first-order valence-corrected chi connectivity index (χ1v) is 6.00. The molecule has 0 aromatic rings. The smallest absolute Gasteiger partial charge is 0.134 e. The molecule has 1 fully saturated rings. The summed E-state index contributed by atoms with van der Waals surface area (Å²) in [5.41, 5.74) is 0. The van der Waals surface area contributed by atoms with E-state index >= 15 is 0 Å². The summed E-state index contributed by atoms with van der Waals surface area (Å²) in [4.78, 5) is 16.3. The van der Waals surface area contributed by atoms with Crippen molar-refractivity contribution in [3.8, 4) is 0 Å². The molecule has 0 bridgehead atoms. The number of hydrogen-bond acceptors (Lipinski definition) is 3. The maximum Gasteiger partial charge on any atom is 0.134 e. The second-order valence-electron chi connectivity index (χ2n) is 5.03. The fourth-order valence-electron chi connectivity index (χ4n) is 1.91. The Morgan fingerprint density at radius 1 is 1.20 bits per heavy atom. The van der Waals surface area contributed by atoms with Gasteiger partial charge in [0.25, 0.3) is 0 Å². The molecule has 0 atom stereocenters. The highest BCUT2D eigenvalue weighted by Gasteiger charge is 2.14. The van der Waals surface area contributed by atoms with Crippen LogP contribution in [0.4, 0.5) is 0 Å². The topological polar surface area (TPSA) is 23.6 Å². The first kappa shape index (κ1) is 12.7. The minimum absolute atomic E-state index is 0.420. The van der Waals surface area contributed by atoms with Gasteiger partial charge in [-0.05, 0) is 13.0 Å². The summed E-state index contributed by atoms with van der Waals surface area (Å²) in [5.74, 6) is 0.925. The Morgan fingerprint density at radius 3 is 2.33 bits per heavy atom. The normalized spacial score (nSPS) is 19.7. The Hall–Kier alpha value is -0.410. The third-order valence-corrected chi connectivity index (χ3v) is 2.94. The van der Waals surface area contributed by atoms with Gasteiger partial charge in [0, 0.05) is 45.6 Å². The molecule has 3 nitrogen and oxygen atoms in total. The third kappa shape index (κ3) is 5.28. The van der Waals surface area contributed by atoms with E-state index in [-0.39, 0.29) is 0 Å². The Morgan fingerprint density at radius 2 is 1.80 bits per heavy atom. The van der Waals surface area contributed by atoms with Crippen molar-refractivity contribution in [3.05, 3.63) is 0 Å². The molecule has 1 aliphatic heterocycles. The second kappa shape index (κ2) is 6.23. The molecule has 0 amide bonds. The van der Waals surface area contributed by atoms with Gasteiger partial charge in [-0.3, -0.25) is 4.79 Å². The third-order valence-electron chi connectivity index (χ3n) is 2.94. The number of carbonyl (C=O) groups is 1. The van der Waals surface area contributed by atoms with E-state index in [0.717, 1.165) is 45.6 Å². The van der Waals surface area contributed by atoms with Crippen molar-refractivity contribution in [2.75, 3.05) is 39.8 Å². The fraction of sp³-hybridized carbons (Fsp3) is 0.917. The van der Waals surface area contributed by atoms with Crippen LogP contribution in [0.15, 0.2) is 0 Å². The lowest BCUT2D eigenvalue weighted by Crippen LogP contribution is -2.45. The highest BCUT2D eigenvalue weighted by Crippen LogP contribution is 2.05. The quantitative estimate of drug-likeness (QED) is 0.685. The molecule has 0 aliphatic carbocycles. The van der Waals surface area contributed by atoms with Gasteiger partial charge in [-0.25, -0.2) is 0 Å². The van der Waals surface area contributed by atoms with Gasteiger partial charge in [-0.2, -0.15) is 0 Å². The Balaban J connectivity index is 2.12. The Bertz CT molecular complexity index is 196. The van der Waals surface area contributed by atoms with Crippen LogP contribution in [0.5, 0.6) is 0 Å². The van der Waals surface area contributed by atoms with Gasteiger partial charge in [0.1, 0.15) is 5.78 Å². The first-order valence-electron chi connectivity index (χ1n) is 6.00. The Kier molecular flexibility index (Phi) is 5.26. The lowest BCUT2D eigenvalue weighted by atomic mass is 10.1. The minimum Gasteiger partial charge on any atom is -0.304 e. The van der Waals surface area contributed by atoms with Gasteiger partial charge in [0.05, 0.1) is 0 Å². The maximum atomic E-state index is 11.5. The molecule has 1 heterocycles. The van der Waals surface area contributed by atoms with Crippen LogP contribution in [-0.4, -0.2) is 55.4 Å². The highest BCUT2D eigenvalue weighted by molar-refractivity contribution is 5.78. The van der Waals surface area contributed by atoms with Crippen LogP contribution in [0.2, 0.25) is 0 Å². The standard InChI is InChI=1S/C12H24N2O/c1-11(2)10-12(15)4-5-14-8-6-13(3)7-9-14/h11H,4-10H2,1-3H3. The molecule has 0 radical (unpaired) electrons. The molecule has 0 aromatic heterocycles. The molecule has 0 unspecified atom stereocenters. The number of carbonyl (C=O) groups excluding carboxylic acids is 1. The lowest BCUT2D eigenvalue weighted by molar-refractivity contribution is -0.120. The van der Waals surface area contributed by atoms with Crippen LogP contribution in [0, 0.1) is 5.92 Å². The van der Waals surface area contributed by atoms with Crippen molar-refractivity contribution in [3.63, 3.8) is 0 Å². The van der Waals surface area contributed by atoms with E-state index in [4.69, 9.17) is 0 Å². The van der Waals surface area contributed by atoms with E-state index in [1.807, 2.05) is 0 Å². The molecular weight excluding hydrogens is 188 g/mol. The number of Topliss-reactive ketones (excluding diaryl/α,β-unsaturated/α-hetero) is 1. The van der Waals surface area contributed by atoms with Crippen molar-refractivity contribution in [2.45, 2.75) is 26.7 Å². The van der Waals surface area contributed by atoms with E-state index < -0.39 is 0 Å². The summed E-state index contributed by atoms with van der Waals surface area (Å²) in [6, 6.07) is 0. The minimum atomic E-state index is 0.420. The number of hydrogen-bond donors (Lipinski definition) is 0. The van der Waals surface area contributed by atoms with Crippen LogP contribution in [-0.2, 0) is 4.79 Å². The zero-order chi connectivity index (χ0) is 11.3. The van der Waals surface area contributed by atoms with Gasteiger partial charge in [0.2, 0.25) is 0 Å². The average Bonchev–Trinajstić information content (AvgIpc) is 2.16. The second-order valence-corrected chi connectivity index (χ2v) is 5.03. The number of piperazine rings is 1. The van der Waals surface area contributed by atoms with E-state index in [2.05, 4.69) is 30.7 Å². The number of ketones is 1. The van der Waals surface area contributed by atoms with Gasteiger partial charge in [0.15, 0.2) is 0 Å². The average molecular weight is 212 g/mol. The molecular formula is C12H24N2O. The highest BCUT2D eigenvalue weighted by atomic mass is 16.1. The summed E-state index contributed by atoms with van der Waals surface area (Å²) in [5, 5.41) is 0. The monoisotopic (exact) mass is 212 g/mol.